The maximum absolute atomic E-state index is 12.7. The number of carbonyl (C=O) groups excluding carboxylic acids is 4. The number of hydrogen-bond donors (Lipinski definition) is 0. The van der Waals surface area contributed by atoms with E-state index in [1.165, 1.54) is 24.3 Å². The van der Waals surface area contributed by atoms with Gasteiger partial charge in [0.15, 0.2) is 0 Å². The monoisotopic (exact) mass is 856 g/mol. The Kier molecular flexibility index (Phi) is 19.0. The van der Waals surface area contributed by atoms with E-state index in [1.807, 2.05) is 24.3 Å². The lowest BCUT2D eigenvalue weighted by Crippen LogP contribution is -2.36. The van der Waals surface area contributed by atoms with Gasteiger partial charge in [-0.15, -0.1) is 0 Å². The number of aryl methyl sites for hydroxylation is 4. The number of rotatable bonds is 25. The van der Waals surface area contributed by atoms with Gasteiger partial charge in [-0.25, -0.2) is 9.97 Å². The number of aromatic nitrogens is 2. The topological polar surface area (TPSA) is 224 Å². The van der Waals surface area contributed by atoms with Crippen LogP contribution in [0.3, 0.4) is 0 Å². The summed E-state index contributed by atoms with van der Waals surface area (Å²) in [5.41, 5.74) is 5.22. The molecule has 2 aromatic heterocycles. The molecule has 0 bridgehead atoms. The molecule has 0 saturated carbocycles. The summed E-state index contributed by atoms with van der Waals surface area (Å²) in [7, 11) is 0. The van der Waals surface area contributed by atoms with Crippen LogP contribution in [0.2, 0.25) is 0 Å². The first-order valence-electron chi connectivity index (χ1n) is 20.3. The minimum atomic E-state index is -0.534. The lowest BCUT2D eigenvalue weighted by atomic mass is 10.0. The van der Waals surface area contributed by atoms with Gasteiger partial charge in [0.2, 0.25) is 0 Å². The number of ether oxygens (including phenoxy) is 4. The quantitative estimate of drug-likeness (QED) is 0.0353. The van der Waals surface area contributed by atoms with Crippen LogP contribution in [0.1, 0.15) is 61.3 Å². The Labute approximate surface area is 359 Å². The summed E-state index contributed by atoms with van der Waals surface area (Å²) in [6.07, 6.45) is 1.99. The molecule has 2 aromatic carbocycles. The molecule has 0 spiro atoms. The van der Waals surface area contributed by atoms with E-state index in [0.717, 1.165) is 22.3 Å². The molecule has 0 radical (unpaired) electrons. The number of nitro groups is 2. The predicted molar refractivity (Wildman–Crippen MR) is 226 cm³/mol. The van der Waals surface area contributed by atoms with Crippen LogP contribution in [0.25, 0.3) is 11.4 Å². The van der Waals surface area contributed by atoms with E-state index in [1.54, 1.807) is 61.8 Å². The molecule has 4 aromatic rings. The molecule has 0 atom stereocenters. The van der Waals surface area contributed by atoms with Crippen LogP contribution in [-0.2, 0) is 76.9 Å². The number of nitrogens with zero attached hydrogens (tertiary/aromatic N) is 6. The Balaban J connectivity index is 1.81. The Hall–Kier alpha value is -6.66. The zero-order valence-corrected chi connectivity index (χ0v) is 35.4. The third-order valence-corrected chi connectivity index (χ3v) is 9.24. The fourth-order valence-electron chi connectivity index (χ4n) is 6.51. The summed E-state index contributed by atoms with van der Waals surface area (Å²) < 4.78 is 20.7. The number of benzene rings is 2. The summed E-state index contributed by atoms with van der Waals surface area (Å²) in [6, 6.07) is 20.0. The van der Waals surface area contributed by atoms with Crippen LogP contribution in [0.15, 0.2) is 72.8 Å². The third kappa shape index (κ3) is 16.1. The SMILES string of the molecule is CCOC(=O)CN(CC(=O)OCC)Cc1cc(CCc2ccc([N+](=O)[O-])cc2)cc(-c2cc(CCc3ccc([N+](=O)[O-])cc3)cc(CN(CC(=O)OCC)CC(=O)OCC)n2)n1. The second-order valence-corrected chi connectivity index (χ2v) is 14.1. The number of pyridine rings is 2. The summed E-state index contributed by atoms with van der Waals surface area (Å²) in [6.45, 7) is 6.59. The highest BCUT2D eigenvalue weighted by Gasteiger charge is 2.21. The molecule has 2 heterocycles. The van der Waals surface area contributed by atoms with Crippen molar-refractivity contribution in [2.75, 3.05) is 52.6 Å². The zero-order chi connectivity index (χ0) is 45.0. The van der Waals surface area contributed by atoms with Gasteiger partial charge >= 0.3 is 23.9 Å². The van der Waals surface area contributed by atoms with Gasteiger partial charge in [-0.1, -0.05) is 24.3 Å². The van der Waals surface area contributed by atoms with Gasteiger partial charge in [0, 0.05) is 37.4 Å². The molecular formula is C44H52N6O12. The molecular weight excluding hydrogens is 805 g/mol. The lowest BCUT2D eigenvalue weighted by Gasteiger charge is -2.22. The highest BCUT2D eigenvalue weighted by Crippen LogP contribution is 2.24. The predicted octanol–water partition coefficient (Wildman–Crippen LogP) is 5.39. The van der Waals surface area contributed by atoms with E-state index >= 15 is 0 Å². The van der Waals surface area contributed by atoms with Crippen LogP contribution in [-0.4, -0.2) is 106 Å². The molecule has 0 unspecified atom stereocenters. The molecule has 0 amide bonds. The molecule has 18 nitrogen and oxygen atoms in total. The number of hydrogen-bond acceptors (Lipinski definition) is 16. The van der Waals surface area contributed by atoms with Gasteiger partial charge in [0.05, 0.1) is 85.2 Å². The minimum absolute atomic E-state index is 0.0241. The first kappa shape index (κ1) is 48.0. The van der Waals surface area contributed by atoms with E-state index < -0.39 is 33.7 Å². The molecule has 0 aliphatic rings. The minimum Gasteiger partial charge on any atom is -0.465 e. The van der Waals surface area contributed by atoms with E-state index in [0.29, 0.717) is 48.5 Å². The molecule has 0 aliphatic heterocycles. The fraction of sp³-hybridized carbons (Fsp3) is 0.409. The number of nitro benzene ring substituents is 2. The van der Waals surface area contributed by atoms with E-state index in [2.05, 4.69) is 0 Å². The smallest absolute Gasteiger partial charge is 0.320 e. The number of non-ortho nitro benzene ring substituents is 2. The van der Waals surface area contributed by atoms with Crippen LogP contribution in [0, 0.1) is 20.2 Å². The molecule has 330 valence electrons. The van der Waals surface area contributed by atoms with Crippen molar-refractivity contribution in [1.82, 2.24) is 19.8 Å². The highest BCUT2D eigenvalue weighted by atomic mass is 16.6. The second kappa shape index (κ2) is 24.6. The molecule has 18 heteroatoms. The van der Waals surface area contributed by atoms with Crippen molar-refractivity contribution < 1.29 is 48.0 Å². The van der Waals surface area contributed by atoms with Gasteiger partial charge in [-0.05, 0) is 99.9 Å². The van der Waals surface area contributed by atoms with Crippen molar-refractivity contribution in [3.05, 3.63) is 127 Å². The third-order valence-electron chi connectivity index (χ3n) is 9.24. The first-order valence-corrected chi connectivity index (χ1v) is 20.3. The Morgan fingerprint density at radius 2 is 0.774 bits per heavy atom. The van der Waals surface area contributed by atoms with Gasteiger partial charge < -0.3 is 18.9 Å². The van der Waals surface area contributed by atoms with Gasteiger partial charge in [-0.3, -0.25) is 49.2 Å². The van der Waals surface area contributed by atoms with E-state index in [9.17, 15) is 39.4 Å². The van der Waals surface area contributed by atoms with Crippen molar-refractivity contribution >= 4 is 35.3 Å². The van der Waals surface area contributed by atoms with Crippen LogP contribution >= 0.6 is 0 Å². The van der Waals surface area contributed by atoms with Crippen molar-refractivity contribution in [2.24, 2.45) is 0 Å². The van der Waals surface area contributed by atoms with Crippen LogP contribution in [0.5, 0.6) is 0 Å². The Morgan fingerprint density at radius 1 is 0.484 bits per heavy atom. The van der Waals surface area contributed by atoms with E-state index in [4.69, 9.17) is 28.9 Å². The van der Waals surface area contributed by atoms with Gasteiger partial charge in [0.1, 0.15) is 0 Å². The zero-order valence-electron chi connectivity index (χ0n) is 35.4. The van der Waals surface area contributed by atoms with E-state index in [-0.39, 0.29) is 77.1 Å². The average Bonchev–Trinajstić information content (AvgIpc) is 3.22. The van der Waals surface area contributed by atoms with Crippen LogP contribution < -0.4 is 0 Å². The highest BCUT2D eigenvalue weighted by molar-refractivity contribution is 5.75. The van der Waals surface area contributed by atoms with Crippen LogP contribution in [0.4, 0.5) is 11.4 Å². The van der Waals surface area contributed by atoms with Crippen molar-refractivity contribution in [2.45, 2.75) is 66.5 Å². The molecule has 0 fully saturated rings. The molecule has 0 saturated heterocycles. The Morgan fingerprint density at radius 3 is 1.05 bits per heavy atom. The molecule has 62 heavy (non-hydrogen) atoms. The second-order valence-electron chi connectivity index (χ2n) is 14.1. The Bertz CT molecular complexity index is 1970. The maximum Gasteiger partial charge on any atom is 0.320 e. The number of esters is 4. The largest absolute Gasteiger partial charge is 0.465 e. The summed E-state index contributed by atoms with van der Waals surface area (Å²) in [5, 5.41) is 22.5. The molecule has 0 N–H and O–H groups in total. The fourth-order valence-corrected chi connectivity index (χ4v) is 6.51. The van der Waals surface area contributed by atoms with Gasteiger partial charge in [-0.2, -0.15) is 0 Å². The van der Waals surface area contributed by atoms with Crippen molar-refractivity contribution in [3.63, 3.8) is 0 Å². The average molecular weight is 857 g/mol. The standard InChI is InChI=1S/C44H52N6O12/c1-5-59-41(51)27-47(28-42(52)60-6-2)25-35-21-33(11-9-31-13-17-37(18-14-31)49(55)56)23-39(45-35)40-24-34(12-10-32-15-19-38(20-16-32)50(57)58)22-36(46-40)26-48(29-43(53)61-7-3)30-44(54)62-8-4/h13-24H,5-12,25-30H2,1-4H3. The van der Waals surface area contributed by atoms with Crippen molar-refractivity contribution in [3.8, 4) is 11.4 Å². The van der Waals surface area contributed by atoms with Gasteiger partial charge in [0.25, 0.3) is 11.4 Å². The lowest BCUT2D eigenvalue weighted by molar-refractivity contribution is -0.385. The maximum atomic E-state index is 12.7. The van der Waals surface area contributed by atoms with Crippen molar-refractivity contribution in [1.29, 1.82) is 0 Å². The summed E-state index contributed by atoms with van der Waals surface area (Å²) in [4.78, 5) is 85.4. The normalized spacial score (nSPS) is 11.0. The number of carbonyl (C=O) groups is 4. The summed E-state index contributed by atoms with van der Waals surface area (Å²) in [5.74, 6) is -2.13. The molecule has 4 rings (SSSR count). The first-order chi connectivity index (χ1) is 29.8. The molecule has 0 aliphatic carbocycles. The summed E-state index contributed by atoms with van der Waals surface area (Å²) >= 11 is 0.